The number of aliphatic carboxylic acids is 1. The average molecular weight is 733 g/mol. The highest BCUT2D eigenvalue weighted by molar-refractivity contribution is 5.89. The molecule has 0 fully saturated rings. The Bertz CT molecular complexity index is 2640. The van der Waals surface area contributed by atoms with Crippen LogP contribution in [0.3, 0.4) is 0 Å². The zero-order chi connectivity index (χ0) is 39.6. The zero-order valence-corrected chi connectivity index (χ0v) is 29.4. The quantitative estimate of drug-likeness (QED) is 0.134. The molecule has 8 heteroatoms. The number of carbonyl (C=O) groups is 4. The number of hydrogen-bond acceptors (Lipinski definition) is 4. The van der Waals surface area contributed by atoms with Gasteiger partial charge in [-0.3, -0.25) is 0 Å². The van der Waals surface area contributed by atoms with Gasteiger partial charge < -0.3 is 20.4 Å². The van der Waals surface area contributed by atoms with Crippen LogP contribution in [0.1, 0.15) is 82.9 Å². The minimum Gasteiger partial charge on any atom is -0.478 e. The summed E-state index contributed by atoms with van der Waals surface area (Å²) in [6.45, 7) is 0. The Balaban J connectivity index is 1.45. The molecule has 4 N–H and O–H groups in total. The van der Waals surface area contributed by atoms with Gasteiger partial charge in [0.05, 0.1) is 16.7 Å². The summed E-state index contributed by atoms with van der Waals surface area (Å²) in [7, 11) is 0. The molecule has 5 aromatic carbocycles. The van der Waals surface area contributed by atoms with E-state index in [0.717, 1.165) is 16.7 Å². The van der Waals surface area contributed by atoms with Crippen LogP contribution in [0.5, 0.6) is 0 Å². The predicted octanol–water partition coefficient (Wildman–Crippen LogP) is 7.73. The van der Waals surface area contributed by atoms with Crippen LogP contribution in [0.15, 0.2) is 132 Å². The van der Waals surface area contributed by atoms with Crippen LogP contribution < -0.4 is 0 Å². The predicted molar refractivity (Wildman–Crippen MR) is 210 cm³/mol. The van der Waals surface area contributed by atoms with Crippen LogP contribution in [-0.4, -0.2) is 44.3 Å². The van der Waals surface area contributed by atoms with Crippen molar-refractivity contribution in [2.45, 2.75) is 12.8 Å². The highest BCUT2D eigenvalue weighted by Gasteiger charge is 2.11. The molecule has 0 unspecified atom stereocenters. The SMILES string of the molecule is O=C(O)C1=CC=C(C#Cc2cc(C#Cc3ccc(C(=O)O)cc3)cc(-c3cc(C#Cc4ccc(C(=O)O)cc4)cc(C#Cc4ccc(C(=O)O)cc4)c3)c2)CC1. The fourth-order valence-electron chi connectivity index (χ4n) is 5.47. The standard InChI is InChI=1S/C48H28O8/c49-45(50)39-17-9-31(10-18-39)1-5-35-25-36(6-2-32-11-19-40(20-12-32)46(51)52)28-43(27-35)44-29-37(7-3-33-13-21-41(22-14-33)47(53)54)26-38(30-44)8-4-34-15-23-42(24-16-34)48(55)56/h9-15,17-23,25-30H,16,24H2,(H,49,50)(H,51,52)(H,53,54)(H,55,56). The van der Waals surface area contributed by atoms with Gasteiger partial charge >= 0.3 is 23.9 Å². The summed E-state index contributed by atoms with van der Waals surface area (Å²) in [6, 6.07) is 29.9. The van der Waals surface area contributed by atoms with E-state index in [0.29, 0.717) is 57.4 Å². The molecule has 0 bridgehead atoms. The van der Waals surface area contributed by atoms with Gasteiger partial charge in [-0.1, -0.05) is 59.5 Å². The second-order valence-electron chi connectivity index (χ2n) is 12.4. The molecule has 0 saturated carbocycles. The number of carboxylic acid groups (broad SMARTS) is 4. The smallest absolute Gasteiger partial charge is 0.335 e. The topological polar surface area (TPSA) is 149 Å². The summed E-state index contributed by atoms with van der Waals surface area (Å²) in [6.07, 6.45) is 4.14. The van der Waals surface area contributed by atoms with Gasteiger partial charge in [-0.15, -0.1) is 0 Å². The van der Waals surface area contributed by atoms with Gasteiger partial charge in [0.1, 0.15) is 0 Å². The molecule has 56 heavy (non-hydrogen) atoms. The van der Waals surface area contributed by atoms with E-state index in [1.165, 1.54) is 36.4 Å². The molecule has 1 aliphatic carbocycles. The maximum atomic E-state index is 11.4. The van der Waals surface area contributed by atoms with Gasteiger partial charge in [-0.25, -0.2) is 19.2 Å². The van der Waals surface area contributed by atoms with Crippen LogP contribution in [0.4, 0.5) is 0 Å². The molecule has 0 spiro atoms. The largest absolute Gasteiger partial charge is 0.478 e. The molecular formula is C48H28O8. The third-order valence-corrected chi connectivity index (χ3v) is 8.44. The lowest BCUT2D eigenvalue weighted by molar-refractivity contribution is -0.132. The Kier molecular flexibility index (Phi) is 11.4. The van der Waals surface area contributed by atoms with Crippen molar-refractivity contribution in [2.75, 3.05) is 0 Å². The normalized spacial score (nSPS) is 11.3. The van der Waals surface area contributed by atoms with E-state index in [4.69, 9.17) is 0 Å². The Morgan fingerprint density at radius 1 is 0.357 bits per heavy atom. The van der Waals surface area contributed by atoms with E-state index in [9.17, 15) is 39.6 Å². The average Bonchev–Trinajstić information content (AvgIpc) is 3.21. The fraction of sp³-hybridized carbons (Fsp3) is 0.0417. The van der Waals surface area contributed by atoms with Crippen LogP contribution in [0.25, 0.3) is 11.1 Å². The molecule has 0 heterocycles. The lowest BCUT2D eigenvalue weighted by Crippen LogP contribution is -2.03. The number of hydrogen-bond donors (Lipinski definition) is 4. The van der Waals surface area contributed by atoms with Crippen molar-refractivity contribution < 1.29 is 39.6 Å². The van der Waals surface area contributed by atoms with E-state index in [2.05, 4.69) is 47.4 Å². The van der Waals surface area contributed by atoms with Gasteiger partial charge in [0.15, 0.2) is 0 Å². The van der Waals surface area contributed by atoms with Crippen molar-refractivity contribution in [1.29, 1.82) is 0 Å². The first-order chi connectivity index (χ1) is 27.0. The first kappa shape index (κ1) is 37.5. The highest BCUT2D eigenvalue weighted by Crippen LogP contribution is 2.26. The maximum absolute atomic E-state index is 11.4. The summed E-state index contributed by atoms with van der Waals surface area (Å²) in [5.41, 5.74) is 7.37. The molecular weight excluding hydrogens is 705 g/mol. The first-order valence-corrected chi connectivity index (χ1v) is 17.0. The summed E-state index contributed by atoms with van der Waals surface area (Å²) < 4.78 is 0. The van der Waals surface area contributed by atoms with Gasteiger partial charge in [0.25, 0.3) is 0 Å². The van der Waals surface area contributed by atoms with Crippen LogP contribution in [-0.2, 0) is 4.79 Å². The molecule has 0 aliphatic heterocycles. The summed E-state index contributed by atoms with van der Waals surface area (Å²) >= 11 is 0. The molecule has 0 atom stereocenters. The molecule has 0 aromatic heterocycles. The molecule has 268 valence electrons. The number of rotatable bonds is 5. The molecule has 6 rings (SSSR count). The monoisotopic (exact) mass is 732 g/mol. The van der Waals surface area contributed by atoms with Crippen molar-refractivity contribution >= 4 is 23.9 Å². The lowest BCUT2D eigenvalue weighted by Gasteiger charge is -2.08. The Morgan fingerprint density at radius 3 is 0.964 bits per heavy atom. The zero-order valence-electron chi connectivity index (χ0n) is 29.4. The van der Waals surface area contributed by atoms with Crippen molar-refractivity contribution in [3.8, 4) is 58.5 Å². The maximum Gasteiger partial charge on any atom is 0.335 e. The number of allylic oxidation sites excluding steroid dienone is 3. The first-order valence-electron chi connectivity index (χ1n) is 17.0. The van der Waals surface area contributed by atoms with Crippen LogP contribution >= 0.6 is 0 Å². The van der Waals surface area contributed by atoms with Crippen molar-refractivity contribution in [3.63, 3.8) is 0 Å². The number of benzene rings is 5. The van der Waals surface area contributed by atoms with E-state index < -0.39 is 23.9 Å². The van der Waals surface area contributed by atoms with E-state index >= 15 is 0 Å². The summed E-state index contributed by atoms with van der Waals surface area (Å²) in [4.78, 5) is 45.4. The van der Waals surface area contributed by atoms with Gasteiger partial charge in [0.2, 0.25) is 0 Å². The Morgan fingerprint density at radius 2 is 0.679 bits per heavy atom. The van der Waals surface area contributed by atoms with Gasteiger partial charge in [0, 0.05) is 50.1 Å². The Labute approximate surface area is 322 Å². The fourth-order valence-corrected chi connectivity index (χ4v) is 5.47. The third kappa shape index (κ3) is 9.97. The minimum absolute atomic E-state index is 0.145. The number of carboxylic acids is 4. The summed E-state index contributed by atoms with van der Waals surface area (Å²) in [5, 5.41) is 37.1. The van der Waals surface area contributed by atoms with Crippen LogP contribution in [0.2, 0.25) is 0 Å². The Hall–Kier alpha value is -8.30. The molecule has 0 saturated heterocycles. The summed E-state index contributed by atoms with van der Waals surface area (Å²) in [5.74, 6) is 21.1. The van der Waals surface area contributed by atoms with Gasteiger partial charge in [-0.2, -0.15) is 0 Å². The van der Waals surface area contributed by atoms with E-state index in [-0.39, 0.29) is 16.7 Å². The van der Waals surface area contributed by atoms with Gasteiger partial charge in [-0.05, 0) is 133 Å². The highest BCUT2D eigenvalue weighted by atomic mass is 16.4. The van der Waals surface area contributed by atoms with E-state index in [1.54, 1.807) is 48.6 Å². The molecule has 5 aromatic rings. The molecule has 1 aliphatic rings. The molecule has 0 radical (unpaired) electrons. The minimum atomic E-state index is -1.04. The van der Waals surface area contributed by atoms with Crippen molar-refractivity contribution in [1.82, 2.24) is 0 Å². The second-order valence-corrected chi connectivity index (χ2v) is 12.4. The van der Waals surface area contributed by atoms with E-state index in [1.807, 2.05) is 36.4 Å². The molecule has 8 nitrogen and oxygen atoms in total. The molecule has 0 amide bonds. The van der Waals surface area contributed by atoms with Crippen LogP contribution in [0, 0.1) is 47.4 Å². The lowest BCUT2D eigenvalue weighted by atomic mass is 9.95. The second kappa shape index (κ2) is 17.0. The van der Waals surface area contributed by atoms with Crippen molar-refractivity contribution in [3.05, 3.63) is 188 Å². The third-order valence-electron chi connectivity index (χ3n) is 8.44. The number of aromatic carboxylic acids is 3. The van der Waals surface area contributed by atoms with Crippen molar-refractivity contribution in [2.24, 2.45) is 0 Å².